The number of nitrogens with one attached hydrogen (secondary N) is 1. The molecule has 3 aromatic rings. The van der Waals surface area contributed by atoms with Crippen LogP contribution in [0.2, 0.25) is 0 Å². The normalized spacial score (nSPS) is 10.5. The molecule has 0 bridgehead atoms. The van der Waals surface area contributed by atoms with Gasteiger partial charge >= 0.3 is 0 Å². The number of imidazole rings is 1. The van der Waals surface area contributed by atoms with Crippen LogP contribution in [0.3, 0.4) is 0 Å². The number of hydrogen-bond acceptors (Lipinski definition) is 3. The monoisotopic (exact) mass is 256 g/mol. The van der Waals surface area contributed by atoms with Crippen LogP contribution in [0.4, 0.5) is 0 Å². The number of hydrogen-bond donors (Lipinski definition) is 1. The first-order valence-corrected chi connectivity index (χ1v) is 6.53. The van der Waals surface area contributed by atoms with E-state index in [-0.39, 0.29) is 0 Å². The molecule has 1 N–H and O–H groups in total. The van der Waals surface area contributed by atoms with Crippen LogP contribution in [0.15, 0.2) is 47.3 Å². The Morgan fingerprint density at radius 3 is 2.61 bits per heavy atom. The van der Waals surface area contributed by atoms with Gasteiger partial charge in [-0.05, 0) is 35.7 Å². The van der Waals surface area contributed by atoms with Crippen molar-refractivity contribution >= 4 is 11.3 Å². The second-order valence-corrected chi connectivity index (χ2v) is 4.67. The van der Waals surface area contributed by atoms with Gasteiger partial charge in [0.1, 0.15) is 11.6 Å². The van der Waals surface area contributed by atoms with Crippen LogP contribution in [-0.2, 0) is 0 Å². The summed E-state index contributed by atoms with van der Waals surface area (Å²) >= 11 is 1.68. The van der Waals surface area contributed by atoms with E-state index in [1.165, 1.54) is 5.56 Å². The SMILES string of the molecule is COc1ccc(-c2ncc(-c3ccsc3)[nH]2)cc1. The molecular formula is C14H12N2OS. The minimum atomic E-state index is 0.850. The number of thiophene rings is 1. The number of rotatable bonds is 3. The van der Waals surface area contributed by atoms with Gasteiger partial charge in [0.2, 0.25) is 0 Å². The Morgan fingerprint density at radius 2 is 1.94 bits per heavy atom. The van der Waals surface area contributed by atoms with Crippen molar-refractivity contribution in [3.63, 3.8) is 0 Å². The van der Waals surface area contributed by atoms with Gasteiger partial charge in [0.05, 0.1) is 19.0 Å². The van der Waals surface area contributed by atoms with Gasteiger partial charge in [0.25, 0.3) is 0 Å². The van der Waals surface area contributed by atoms with Gasteiger partial charge in [-0.3, -0.25) is 0 Å². The van der Waals surface area contributed by atoms with E-state index in [0.717, 1.165) is 22.8 Å². The van der Waals surface area contributed by atoms with Gasteiger partial charge in [-0.15, -0.1) is 0 Å². The van der Waals surface area contributed by atoms with Crippen molar-refractivity contribution in [2.45, 2.75) is 0 Å². The van der Waals surface area contributed by atoms with Crippen LogP contribution < -0.4 is 4.74 Å². The van der Waals surface area contributed by atoms with Crippen molar-refractivity contribution in [3.8, 4) is 28.4 Å². The molecule has 1 aromatic carbocycles. The highest BCUT2D eigenvalue weighted by molar-refractivity contribution is 7.08. The zero-order chi connectivity index (χ0) is 12.4. The highest BCUT2D eigenvalue weighted by Crippen LogP contribution is 2.24. The molecule has 3 nitrogen and oxygen atoms in total. The molecule has 0 aliphatic rings. The number of ether oxygens (including phenoxy) is 1. The van der Waals surface area contributed by atoms with Gasteiger partial charge in [0, 0.05) is 16.5 Å². The number of H-pyrrole nitrogens is 1. The Kier molecular flexibility index (Phi) is 2.86. The van der Waals surface area contributed by atoms with Crippen molar-refractivity contribution in [1.82, 2.24) is 9.97 Å². The maximum atomic E-state index is 5.14. The van der Waals surface area contributed by atoms with E-state index in [1.807, 2.05) is 30.5 Å². The topological polar surface area (TPSA) is 37.9 Å². The lowest BCUT2D eigenvalue weighted by atomic mass is 10.2. The molecule has 0 aliphatic heterocycles. The molecule has 2 aromatic heterocycles. The Bertz CT molecular complexity index is 626. The molecule has 0 saturated heterocycles. The summed E-state index contributed by atoms with van der Waals surface area (Å²) in [5.41, 5.74) is 3.27. The van der Waals surface area contributed by atoms with Crippen LogP contribution in [0.25, 0.3) is 22.6 Å². The van der Waals surface area contributed by atoms with Crippen LogP contribution >= 0.6 is 11.3 Å². The maximum absolute atomic E-state index is 5.14. The lowest BCUT2D eigenvalue weighted by Gasteiger charge is -2.00. The number of aromatic nitrogens is 2. The Balaban J connectivity index is 1.92. The summed E-state index contributed by atoms with van der Waals surface area (Å²) in [6.07, 6.45) is 1.86. The molecule has 0 amide bonds. The Morgan fingerprint density at radius 1 is 1.11 bits per heavy atom. The molecular weight excluding hydrogens is 244 g/mol. The third-order valence-electron chi connectivity index (χ3n) is 2.77. The molecule has 0 saturated carbocycles. The van der Waals surface area contributed by atoms with Gasteiger partial charge in [0.15, 0.2) is 0 Å². The molecule has 0 unspecified atom stereocenters. The standard InChI is InChI=1S/C14H12N2OS/c1-17-12-4-2-10(3-5-12)14-15-8-13(16-14)11-6-7-18-9-11/h2-9H,1H3,(H,15,16). The van der Waals surface area contributed by atoms with E-state index < -0.39 is 0 Å². The van der Waals surface area contributed by atoms with E-state index in [2.05, 4.69) is 26.8 Å². The Labute approximate surface area is 109 Å². The highest BCUT2D eigenvalue weighted by atomic mass is 32.1. The molecule has 4 heteroatoms. The quantitative estimate of drug-likeness (QED) is 0.773. The molecule has 0 radical (unpaired) electrons. The second-order valence-electron chi connectivity index (χ2n) is 3.89. The average Bonchev–Trinajstić information content (AvgIpc) is 3.09. The van der Waals surface area contributed by atoms with Crippen molar-refractivity contribution in [1.29, 1.82) is 0 Å². The molecule has 2 heterocycles. The van der Waals surface area contributed by atoms with E-state index in [4.69, 9.17) is 4.74 Å². The largest absolute Gasteiger partial charge is 0.497 e. The Hall–Kier alpha value is -2.07. The van der Waals surface area contributed by atoms with Gasteiger partial charge in [-0.1, -0.05) is 0 Å². The predicted octanol–water partition coefficient (Wildman–Crippen LogP) is 3.81. The molecule has 3 rings (SSSR count). The van der Waals surface area contributed by atoms with E-state index in [1.54, 1.807) is 18.4 Å². The summed E-state index contributed by atoms with van der Waals surface area (Å²) in [4.78, 5) is 7.73. The molecule has 0 aliphatic carbocycles. The van der Waals surface area contributed by atoms with Crippen molar-refractivity contribution in [2.24, 2.45) is 0 Å². The van der Waals surface area contributed by atoms with Crippen LogP contribution in [0.5, 0.6) is 5.75 Å². The summed E-state index contributed by atoms with van der Waals surface area (Å²) in [5, 5.41) is 4.16. The van der Waals surface area contributed by atoms with Gasteiger partial charge in [-0.25, -0.2) is 4.98 Å². The molecule has 18 heavy (non-hydrogen) atoms. The zero-order valence-electron chi connectivity index (χ0n) is 9.88. The summed E-state index contributed by atoms with van der Waals surface area (Å²) in [6.45, 7) is 0. The number of nitrogens with zero attached hydrogens (tertiary/aromatic N) is 1. The fraction of sp³-hybridized carbons (Fsp3) is 0.0714. The number of methoxy groups -OCH3 is 1. The first-order chi connectivity index (χ1) is 8.86. The molecule has 0 spiro atoms. The van der Waals surface area contributed by atoms with Gasteiger partial charge in [-0.2, -0.15) is 11.3 Å². The zero-order valence-corrected chi connectivity index (χ0v) is 10.7. The fourth-order valence-corrected chi connectivity index (χ4v) is 2.44. The van der Waals surface area contributed by atoms with E-state index >= 15 is 0 Å². The van der Waals surface area contributed by atoms with E-state index in [9.17, 15) is 0 Å². The lowest BCUT2D eigenvalue weighted by molar-refractivity contribution is 0.415. The second kappa shape index (κ2) is 4.66. The highest BCUT2D eigenvalue weighted by Gasteiger charge is 2.05. The van der Waals surface area contributed by atoms with Crippen molar-refractivity contribution in [3.05, 3.63) is 47.3 Å². The smallest absolute Gasteiger partial charge is 0.137 e. The van der Waals surface area contributed by atoms with Crippen LogP contribution in [0, 0.1) is 0 Å². The number of benzene rings is 1. The third kappa shape index (κ3) is 2.02. The molecule has 90 valence electrons. The van der Waals surface area contributed by atoms with Gasteiger partial charge < -0.3 is 9.72 Å². The minimum absolute atomic E-state index is 0.850. The van der Waals surface area contributed by atoms with Crippen LogP contribution in [-0.4, -0.2) is 17.1 Å². The van der Waals surface area contributed by atoms with Crippen molar-refractivity contribution < 1.29 is 4.74 Å². The third-order valence-corrected chi connectivity index (χ3v) is 3.45. The summed E-state index contributed by atoms with van der Waals surface area (Å²) < 4.78 is 5.14. The summed E-state index contributed by atoms with van der Waals surface area (Å²) in [7, 11) is 1.66. The van der Waals surface area contributed by atoms with E-state index in [0.29, 0.717) is 0 Å². The molecule has 0 fully saturated rings. The maximum Gasteiger partial charge on any atom is 0.137 e. The average molecular weight is 256 g/mol. The first-order valence-electron chi connectivity index (χ1n) is 5.59. The number of aromatic amines is 1. The fourth-order valence-electron chi connectivity index (χ4n) is 1.78. The first kappa shape index (κ1) is 11.0. The predicted molar refractivity (Wildman–Crippen MR) is 73.9 cm³/mol. The summed E-state index contributed by atoms with van der Waals surface area (Å²) in [5.74, 6) is 1.72. The van der Waals surface area contributed by atoms with Crippen LogP contribution in [0.1, 0.15) is 0 Å². The lowest BCUT2D eigenvalue weighted by Crippen LogP contribution is -1.84. The minimum Gasteiger partial charge on any atom is -0.497 e. The van der Waals surface area contributed by atoms with Crippen molar-refractivity contribution in [2.75, 3.05) is 7.11 Å². The summed E-state index contributed by atoms with van der Waals surface area (Å²) in [6, 6.07) is 9.93. The molecule has 0 atom stereocenters.